The molecule has 1 aromatic heterocycles. The number of benzene rings is 2. The van der Waals surface area contributed by atoms with Gasteiger partial charge < -0.3 is 5.11 Å². The Morgan fingerprint density at radius 1 is 1.22 bits per heavy atom. The summed E-state index contributed by atoms with van der Waals surface area (Å²) in [6.07, 6.45) is 5.05. The zero-order chi connectivity index (χ0) is 19.2. The third-order valence-electron chi connectivity index (χ3n) is 3.78. The van der Waals surface area contributed by atoms with Crippen LogP contribution >= 0.6 is 27.5 Å². The van der Waals surface area contributed by atoms with Crippen LogP contribution in [0.25, 0.3) is 0 Å². The van der Waals surface area contributed by atoms with Crippen LogP contribution in [0.1, 0.15) is 27.0 Å². The third kappa shape index (κ3) is 5.15. The molecule has 2 N–H and O–H groups in total. The van der Waals surface area contributed by atoms with Crippen molar-refractivity contribution in [1.82, 2.24) is 10.4 Å². The molecule has 3 rings (SSSR count). The van der Waals surface area contributed by atoms with Crippen LogP contribution in [0.2, 0.25) is 5.02 Å². The number of aromatic nitrogens is 1. The monoisotopic (exact) mass is 443 g/mol. The summed E-state index contributed by atoms with van der Waals surface area (Å²) in [5, 5.41) is 14.6. The molecule has 0 saturated heterocycles. The summed E-state index contributed by atoms with van der Waals surface area (Å²) in [5.74, 6) is -0.327. The summed E-state index contributed by atoms with van der Waals surface area (Å²) in [6.45, 7) is 0. The Morgan fingerprint density at radius 2 is 2.04 bits per heavy atom. The lowest BCUT2D eigenvalue weighted by atomic mass is 10.0. The number of phenols is 1. The second-order valence-electron chi connectivity index (χ2n) is 5.75. The molecule has 0 aliphatic carbocycles. The van der Waals surface area contributed by atoms with Gasteiger partial charge in [0.05, 0.1) is 11.8 Å². The first-order valence-electron chi connectivity index (χ1n) is 8.02. The zero-order valence-electron chi connectivity index (χ0n) is 14.1. The summed E-state index contributed by atoms with van der Waals surface area (Å²) < 4.78 is 0.698. The van der Waals surface area contributed by atoms with Gasteiger partial charge in [-0.25, -0.2) is 5.43 Å². The van der Waals surface area contributed by atoms with Gasteiger partial charge in [-0.3, -0.25) is 9.78 Å². The molecule has 27 heavy (non-hydrogen) atoms. The Balaban J connectivity index is 1.72. The van der Waals surface area contributed by atoms with Crippen molar-refractivity contribution in [1.29, 1.82) is 0 Å². The topological polar surface area (TPSA) is 74.6 Å². The van der Waals surface area contributed by atoms with Crippen LogP contribution in [-0.4, -0.2) is 22.2 Å². The lowest BCUT2D eigenvalue weighted by Gasteiger charge is -2.07. The molecule has 0 unspecified atom stereocenters. The number of carbonyl (C=O) groups is 1. The Bertz CT molecular complexity index is 1010. The zero-order valence-corrected chi connectivity index (χ0v) is 16.4. The standard InChI is InChI=1S/C20H15BrClN3O2/c21-17-9-16(10-23-12-17)20(27)25-24-11-15-8-13(5-6-19(15)26)7-14-3-1-2-4-18(14)22/h1-6,8-12,26H,7H2,(H,25,27)/b24-11-. The number of amides is 1. The van der Waals surface area contributed by atoms with E-state index in [0.29, 0.717) is 27.0 Å². The van der Waals surface area contributed by atoms with Crippen molar-refractivity contribution < 1.29 is 9.90 Å². The molecule has 0 bridgehead atoms. The molecule has 0 aliphatic rings. The molecule has 0 saturated carbocycles. The van der Waals surface area contributed by atoms with E-state index in [1.165, 1.54) is 12.4 Å². The summed E-state index contributed by atoms with van der Waals surface area (Å²) in [5.41, 5.74) is 5.24. The van der Waals surface area contributed by atoms with Gasteiger partial charge in [-0.2, -0.15) is 5.10 Å². The molecular weight excluding hydrogens is 430 g/mol. The van der Waals surface area contributed by atoms with E-state index < -0.39 is 5.91 Å². The van der Waals surface area contributed by atoms with Crippen LogP contribution in [0.15, 0.2) is 70.5 Å². The number of nitrogens with one attached hydrogen (secondary N) is 1. The van der Waals surface area contributed by atoms with Crippen molar-refractivity contribution in [2.24, 2.45) is 5.10 Å². The Labute approximate surface area is 169 Å². The maximum atomic E-state index is 12.1. The fourth-order valence-electron chi connectivity index (χ4n) is 2.44. The molecule has 7 heteroatoms. The fraction of sp³-hybridized carbons (Fsp3) is 0.0500. The van der Waals surface area contributed by atoms with E-state index in [9.17, 15) is 9.90 Å². The number of hydrazone groups is 1. The van der Waals surface area contributed by atoms with Gasteiger partial charge in [-0.15, -0.1) is 0 Å². The second kappa shape index (κ2) is 8.79. The van der Waals surface area contributed by atoms with Crippen molar-refractivity contribution in [2.75, 3.05) is 0 Å². The number of hydrogen-bond donors (Lipinski definition) is 2. The van der Waals surface area contributed by atoms with Crippen LogP contribution in [0.5, 0.6) is 5.75 Å². The highest BCUT2D eigenvalue weighted by atomic mass is 79.9. The first kappa shape index (κ1) is 19.1. The number of nitrogens with zero attached hydrogens (tertiary/aromatic N) is 2. The van der Waals surface area contributed by atoms with Gasteiger partial charge in [-0.05, 0) is 57.7 Å². The van der Waals surface area contributed by atoms with E-state index in [1.807, 2.05) is 30.3 Å². The van der Waals surface area contributed by atoms with Crippen LogP contribution in [0, 0.1) is 0 Å². The van der Waals surface area contributed by atoms with Crippen molar-refractivity contribution in [3.8, 4) is 5.75 Å². The van der Waals surface area contributed by atoms with E-state index in [4.69, 9.17) is 11.6 Å². The number of pyridine rings is 1. The highest BCUT2D eigenvalue weighted by molar-refractivity contribution is 9.10. The van der Waals surface area contributed by atoms with Crippen LogP contribution in [0.4, 0.5) is 0 Å². The molecular formula is C20H15BrClN3O2. The van der Waals surface area contributed by atoms with Crippen molar-refractivity contribution in [2.45, 2.75) is 6.42 Å². The SMILES string of the molecule is O=C(N/N=C\c1cc(Cc2ccccc2Cl)ccc1O)c1cncc(Br)c1. The molecule has 3 aromatic rings. The van der Waals surface area contributed by atoms with Crippen LogP contribution < -0.4 is 5.43 Å². The van der Waals surface area contributed by atoms with Crippen molar-refractivity contribution in [3.05, 3.63) is 92.7 Å². The van der Waals surface area contributed by atoms with Crippen molar-refractivity contribution >= 4 is 39.7 Å². The quantitative estimate of drug-likeness (QED) is 0.447. The van der Waals surface area contributed by atoms with E-state index in [2.05, 4.69) is 31.4 Å². The second-order valence-corrected chi connectivity index (χ2v) is 7.08. The minimum absolute atomic E-state index is 0.0695. The fourth-order valence-corrected chi connectivity index (χ4v) is 3.01. The van der Waals surface area contributed by atoms with Crippen LogP contribution in [0.3, 0.4) is 0 Å². The molecule has 0 atom stereocenters. The minimum atomic E-state index is -0.397. The average molecular weight is 445 g/mol. The predicted molar refractivity (Wildman–Crippen MR) is 109 cm³/mol. The molecule has 0 aliphatic heterocycles. The van der Waals surface area contributed by atoms with Gasteiger partial charge in [0.25, 0.3) is 5.91 Å². The highest BCUT2D eigenvalue weighted by Gasteiger charge is 2.07. The molecule has 0 fully saturated rings. The number of aromatic hydroxyl groups is 1. The largest absolute Gasteiger partial charge is 0.507 e. The van der Waals surface area contributed by atoms with E-state index in [0.717, 1.165) is 11.1 Å². The van der Waals surface area contributed by atoms with E-state index in [1.54, 1.807) is 24.4 Å². The van der Waals surface area contributed by atoms with Gasteiger partial charge in [0.1, 0.15) is 5.75 Å². The summed E-state index contributed by atoms with van der Waals surface area (Å²) in [6, 6.07) is 14.4. The maximum Gasteiger partial charge on any atom is 0.272 e. The average Bonchev–Trinajstić information content (AvgIpc) is 2.66. The van der Waals surface area contributed by atoms with E-state index >= 15 is 0 Å². The maximum absolute atomic E-state index is 12.1. The van der Waals surface area contributed by atoms with Gasteiger partial charge in [0, 0.05) is 27.5 Å². The Morgan fingerprint density at radius 3 is 2.81 bits per heavy atom. The smallest absolute Gasteiger partial charge is 0.272 e. The molecule has 136 valence electrons. The van der Waals surface area contributed by atoms with Gasteiger partial charge in [0.2, 0.25) is 0 Å². The number of rotatable bonds is 5. The van der Waals surface area contributed by atoms with Crippen molar-refractivity contribution in [3.63, 3.8) is 0 Å². The molecule has 1 heterocycles. The molecule has 0 radical (unpaired) electrons. The summed E-state index contributed by atoms with van der Waals surface area (Å²) in [7, 11) is 0. The molecule has 1 amide bonds. The molecule has 0 spiro atoms. The van der Waals surface area contributed by atoms with Gasteiger partial charge in [0.15, 0.2) is 0 Å². The summed E-state index contributed by atoms with van der Waals surface area (Å²) in [4.78, 5) is 16.0. The van der Waals surface area contributed by atoms with E-state index in [-0.39, 0.29) is 5.75 Å². The first-order valence-corrected chi connectivity index (χ1v) is 9.19. The number of carbonyl (C=O) groups excluding carboxylic acids is 1. The van der Waals surface area contributed by atoms with Crippen LogP contribution in [-0.2, 0) is 6.42 Å². The lowest BCUT2D eigenvalue weighted by Crippen LogP contribution is -2.17. The number of hydrogen-bond acceptors (Lipinski definition) is 4. The first-order chi connectivity index (χ1) is 13.0. The number of halogens is 2. The molecule has 5 nitrogen and oxygen atoms in total. The lowest BCUT2D eigenvalue weighted by molar-refractivity contribution is 0.0954. The minimum Gasteiger partial charge on any atom is -0.507 e. The summed E-state index contributed by atoms with van der Waals surface area (Å²) >= 11 is 9.46. The van der Waals surface area contributed by atoms with Gasteiger partial charge in [-0.1, -0.05) is 35.9 Å². The highest BCUT2D eigenvalue weighted by Crippen LogP contribution is 2.22. The Kier molecular flexibility index (Phi) is 6.21. The predicted octanol–water partition coefficient (Wildman–Crippen LogP) is 4.56. The number of phenolic OH excluding ortho intramolecular Hbond substituents is 1. The normalized spacial score (nSPS) is 10.9. The molecule has 2 aromatic carbocycles. The third-order valence-corrected chi connectivity index (χ3v) is 4.58. The van der Waals surface area contributed by atoms with Gasteiger partial charge >= 0.3 is 0 Å². The Hall–Kier alpha value is -2.70.